The maximum atomic E-state index is 12.6. The first-order valence-corrected chi connectivity index (χ1v) is 12.1. The van der Waals surface area contributed by atoms with Crippen LogP contribution in [-0.2, 0) is 30.5 Å². The molecule has 0 spiro atoms. The summed E-state index contributed by atoms with van der Waals surface area (Å²) in [5, 5.41) is 15.9. The minimum atomic E-state index is -1.18. The van der Waals surface area contributed by atoms with Crippen molar-refractivity contribution in [2.75, 3.05) is 19.7 Å². The number of amides is 3. The van der Waals surface area contributed by atoms with Crippen LogP contribution in [0.15, 0.2) is 30.3 Å². The highest BCUT2D eigenvalue weighted by Gasteiger charge is 2.21. The first kappa shape index (κ1) is 29.1. The zero-order valence-electron chi connectivity index (χ0n) is 20.1. The lowest BCUT2D eigenvalue weighted by Crippen LogP contribution is -2.51. The predicted octanol–water partition coefficient (Wildman–Crippen LogP) is 2.54. The number of aliphatic carboxylic acids is 1. The number of carboxylic acids is 1. The Kier molecular flexibility index (Phi) is 15.8. The Morgan fingerprint density at radius 3 is 2.15 bits per heavy atom. The molecule has 190 valence electrons. The summed E-state index contributed by atoms with van der Waals surface area (Å²) in [5.74, 6) is -2.63. The molecule has 0 aliphatic rings. The summed E-state index contributed by atoms with van der Waals surface area (Å²) >= 11 is 0. The Morgan fingerprint density at radius 1 is 0.853 bits per heavy atom. The Balaban J connectivity index is 2.45. The number of hydrogen-bond acceptors (Lipinski definition) is 5. The number of carbonyl (C=O) groups excluding carboxylic acids is 3. The number of nitrogens with one attached hydrogen (secondary N) is 3. The van der Waals surface area contributed by atoms with E-state index >= 15 is 0 Å². The fraction of sp³-hybridized carbons (Fsp3) is 0.600. The van der Waals surface area contributed by atoms with Gasteiger partial charge in [-0.2, -0.15) is 0 Å². The largest absolute Gasteiger partial charge is 0.480 e. The summed E-state index contributed by atoms with van der Waals surface area (Å²) in [6.45, 7) is 1.48. The molecule has 0 saturated heterocycles. The Labute approximate surface area is 202 Å². The summed E-state index contributed by atoms with van der Waals surface area (Å²) in [7, 11) is 0. The first-order chi connectivity index (χ1) is 16.4. The van der Waals surface area contributed by atoms with Gasteiger partial charge < -0.3 is 25.8 Å². The van der Waals surface area contributed by atoms with Crippen LogP contribution in [0.3, 0.4) is 0 Å². The van der Waals surface area contributed by atoms with Crippen molar-refractivity contribution in [1.82, 2.24) is 16.0 Å². The molecule has 1 atom stereocenters. The summed E-state index contributed by atoms with van der Waals surface area (Å²) in [6, 6.07) is 8.47. The molecule has 4 N–H and O–H groups in total. The van der Waals surface area contributed by atoms with Gasteiger partial charge in [-0.05, 0) is 12.0 Å². The lowest BCUT2D eigenvalue weighted by Gasteiger charge is -2.19. The molecule has 3 amide bonds. The molecule has 1 aromatic rings. The van der Waals surface area contributed by atoms with E-state index in [1.807, 2.05) is 30.3 Å². The van der Waals surface area contributed by atoms with Gasteiger partial charge in [-0.3, -0.25) is 19.2 Å². The third kappa shape index (κ3) is 15.0. The van der Waals surface area contributed by atoms with E-state index in [0.717, 1.165) is 24.8 Å². The highest BCUT2D eigenvalue weighted by molar-refractivity contribution is 5.91. The van der Waals surface area contributed by atoms with Crippen LogP contribution in [0.5, 0.6) is 0 Å². The van der Waals surface area contributed by atoms with Gasteiger partial charge in [0.05, 0.1) is 19.8 Å². The molecule has 9 heteroatoms. The molecule has 1 aromatic carbocycles. The van der Waals surface area contributed by atoms with E-state index in [1.54, 1.807) is 0 Å². The van der Waals surface area contributed by atoms with Crippen LogP contribution in [0, 0.1) is 0 Å². The number of carboxylic acid groups (broad SMARTS) is 1. The second-order valence-corrected chi connectivity index (χ2v) is 8.23. The third-order valence-corrected chi connectivity index (χ3v) is 5.17. The van der Waals surface area contributed by atoms with Crippen LogP contribution in [0.25, 0.3) is 0 Å². The zero-order chi connectivity index (χ0) is 25.0. The fourth-order valence-corrected chi connectivity index (χ4v) is 3.26. The van der Waals surface area contributed by atoms with Crippen molar-refractivity contribution >= 4 is 23.7 Å². The minimum Gasteiger partial charge on any atom is -0.480 e. The van der Waals surface area contributed by atoms with Crippen LogP contribution in [0.1, 0.15) is 70.3 Å². The number of unbranched alkanes of at least 4 members (excludes halogenated alkanes) is 7. The molecule has 34 heavy (non-hydrogen) atoms. The van der Waals surface area contributed by atoms with E-state index in [4.69, 9.17) is 9.84 Å². The Morgan fingerprint density at radius 2 is 1.50 bits per heavy atom. The number of carbonyl (C=O) groups is 4. The fourth-order valence-electron chi connectivity index (χ4n) is 3.26. The van der Waals surface area contributed by atoms with Crippen LogP contribution < -0.4 is 16.0 Å². The Hall–Kier alpha value is -2.94. The highest BCUT2D eigenvalue weighted by atomic mass is 16.5. The van der Waals surface area contributed by atoms with Gasteiger partial charge in [0.15, 0.2) is 0 Å². The van der Waals surface area contributed by atoms with E-state index in [0.29, 0.717) is 6.42 Å². The third-order valence-electron chi connectivity index (χ3n) is 5.17. The summed E-state index contributed by atoms with van der Waals surface area (Å²) < 4.78 is 5.63. The maximum Gasteiger partial charge on any atom is 0.322 e. The van der Waals surface area contributed by atoms with E-state index in [2.05, 4.69) is 22.9 Å². The highest BCUT2D eigenvalue weighted by Crippen LogP contribution is 2.09. The molecule has 1 unspecified atom stereocenters. The van der Waals surface area contributed by atoms with Crippen LogP contribution in [0.4, 0.5) is 0 Å². The molecule has 9 nitrogen and oxygen atoms in total. The minimum absolute atomic E-state index is 0.0549. The Bertz CT molecular complexity index is 741. The van der Waals surface area contributed by atoms with Gasteiger partial charge in [0.25, 0.3) is 0 Å². The number of rotatable bonds is 19. The summed E-state index contributed by atoms with van der Waals surface area (Å²) in [5.41, 5.74) is 0.931. The predicted molar refractivity (Wildman–Crippen MR) is 129 cm³/mol. The second-order valence-electron chi connectivity index (χ2n) is 8.23. The average molecular weight is 478 g/mol. The molecule has 0 saturated carbocycles. The van der Waals surface area contributed by atoms with Crippen molar-refractivity contribution in [1.29, 1.82) is 0 Å². The molecule has 0 bridgehead atoms. The molecular formula is C25H39N3O6. The SMILES string of the molecule is CCCCCCCCCCC(=O)NC(COCc1ccccc1)C(=O)NCC(=O)NCC(=O)O. The smallest absolute Gasteiger partial charge is 0.322 e. The van der Waals surface area contributed by atoms with Gasteiger partial charge >= 0.3 is 5.97 Å². The van der Waals surface area contributed by atoms with Crippen LogP contribution >= 0.6 is 0 Å². The van der Waals surface area contributed by atoms with Gasteiger partial charge in [0, 0.05) is 6.42 Å². The number of ether oxygens (including phenoxy) is 1. The standard InChI is InChI=1S/C25H39N3O6/c1-2-3-4-5-6-7-8-12-15-22(29)28-21(19-34-18-20-13-10-9-11-14-20)25(33)27-16-23(30)26-17-24(31)32/h9-11,13-14,21H,2-8,12,15-19H2,1H3,(H,26,30)(H,27,33)(H,28,29)(H,31,32). The van der Waals surface area contributed by atoms with Gasteiger partial charge in [-0.1, -0.05) is 82.2 Å². The van der Waals surface area contributed by atoms with Gasteiger partial charge in [-0.25, -0.2) is 0 Å². The van der Waals surface area contributed by atoms with Gasteiger partial charge in [-0.15, -0.1) is 0 Å². The quantitative estimate of drug-likeness (QED) is 0.226. The van der Waals surface area contributed by atoms with E-state index in [9.17, 15) is 19.2 Å². The monoisotopic (exact) mass is 477 g/mol. The van der Waals surface area contributed by atoms with Crippen molar-refractivity contribution in [3.63, 3.8) is 0 Å². The molecule has 0 heterocycles. The molecule has 0 aliphatic carbocycles. The molecular weight excluding hydrogens is 438 g/mol. The summed E-state index contributed by atoms with van der Waals surface area (Å²) in [6.07, 6.45) is 9.25. The maximum absolute atomic E-state index is 12.6. The van der Waals surface area contributed by atoms with Crippen molar-refractivity contribution in [2.45, 2.75) is 77.4 Å². The molecule has 1 rings (SSSR count). The average Bonchev–Trinajstić information content (AvgIpc) is 2.82. The second kappa shape index (κ2) is 18.5. The van der Waals surface area contributed by atoms with Crippen LogP contribution in [-0.4, -0.2) is 54.5 Å². The van der Waals surface area contributed by atoms with Crippen molar-refractivity contribution in [2.24, 2.45) is 0 Å². The van der Waals surface area contributed by atoms with E-state index in [1.165, 1.54) is 32.1 Å². The van der Waals surface area contributed by atoms with E-state index < -0.39 is 36.9 Å². The normalized spacial score (nSPS) is 11.4. The molecule has 0 fully saturated rings. The van der Waals surface area contributed by atoms with Crippen LogP contribution in [0.2, 0.25) is 0 Å². The van der Waals surface area contributed by atoms with E-state index in [-0.39, 0.29) is 19.1 Å². The topological polar surface area (TPSA) is 134 Å². The number of benzene rings is 1. The van der Waals surface area contributed by atoms with Crippen molar-refractivity contribution < 1.29 is 29.0 Å². The molecule has 0 radical (unpaired) electrons. The van der Waals surface area contributed by atoms with Crippen molar-refractivity contribution in [3.8, 4) is 0 Å². The number of hydrogen-bond donors (Lipinski definition) is 4. The van der Waals surface area contributed by atoms with Crippen molar-refractivity contribution in [3.05, 3.63) is 35.9 Å². The lowest BCUT2D eigenvalue weighted by atomic mass is 10.1. The van der Waals surface area contributed by atoms with Gasteiger partial charge in [0.2, 0.25) is 17.7 Å². The van der Waals surface area contributed by atoms with Gasteiger partial charge in [0.1, 0.15) is 12.6 Å². The zero-order valence-corrected chi connectivity index (χ0v) is 20.1. The lowest BCUT2D eigenvalue weighted by molar-refractivity contribution is -0.138. The molecule has 0 aromatic heterocycles. The summed E-state index contributed by atoms with van der Waals surface area (Å²) in [4.78, 5) is 47.2. The first-order valence-electron chi connectivity index (χ1n) is 12.1. The molecule has 0 aliphatic heterocycles.